The maximum Gasteiger partial charge on any atom is 0.255 e. The summed E-state index contributed by atoms with van der Waals surface area (Å²) < 4.78 is 13.0. The van der Waals surface area contributed by atoms with Gasteiger partial charge in [0.2, 0.25) is 0 Å². The molecule has 0 unspecified atom stereocenters. The Bertz CT molecular complexity index is 1020. The van der Waals surface area contributed by atoms with Gasteiger partial charge in [0, 0.05) is 12.1 Å². The number of carbonyl (C=O) groups is 2. The minimum Gasteiger partial charge on any atom is -0.348 e. The molecule has 0 spiro atoms. The van der Waals surface area contributed by atoms with Crippen molar-refractivity contribution in [3.8, 4) is 0 Å². The average Bonchev–Trinajstić information content (AvgIpc) is 2.69. The lowest BCUT2D eigenvalue weighted by atomic mass is 10.1. The number of rotatable bonds is 5. The Morgan fingerprint density at radius 1 is 0.857 bits per heavy atom. The molecule has 3 rings (SSSR count). The van der Waals surface area contributed by atoms with Gasteiger partial charge in [-0.3, -0.25) is 9.59 Å². The number of hydrogen-bond donors (Lipinski definition) is 2. The van der Waals surface area contributed by atoms with Crippen molar-refractivity contribution in [1.29, 1.82) is 0 Å². The van der Waals surface area contributed by atoms with Gasteiger partial charge in [-0.25, -0.2) is 4.39 Å². The molecule has 0 bridgehead atoms. The van der Waals surface area contributed by atoms with Gasteiger partial charge in [0.05, 0.1) is 21.3 Å². The molecule has 0 atom stereocenters. The van der Waals surface area contributed by atoms with Gasteiger partial charge in [0.25, 0.3) is 11.8 Å². The predicted molar refractivity (Wildman–Crippen MR) is 108 cm³/mol. The third-order valence-electron chi connectivity index (χ3n) is 3.97. The van der Waals surface area contributed by atoms with Crippen molar-refractivity contribution in [3.05, 3.63) is 99.3 Å². The van der Waals surface area contributed by atoms with Crippen LogP contribution in [0.15, 0.2) is 66.7 Å². The molecule has 0 aliphatic rings. The summed E-state index contributed by atoms with van der Waals surface area (Å²) in [5.41, 5.74) is 1.73. The van der Waals surface area contributed by atoms with Crippen molar-refractivity contribution in [2.24, 2.45) is 0 Å². The molecule has 3 aromatic carbocycles. The summed E-state index contributed by atoms with van der Waals surface area (Å²) in [5.74, 6) is -1.13. The zero-order chi connectivity index (χ0) is 20.1. The Kier molecular flexibility index (Phi) is 6.29. The molecule has 0 saturated heterocycles. The Labute approximate surface area is 171 Å². The fourth-order valence-corrected chi connectivity index (χ4v) is 2.80. The highest BCUT2D eigenvalue weighted by Gasteiger charge is 2.14. The van der Waals surface area contributed by atoms with Gasteiger partial charge in [-0.2, -0.15) is 0 Å². The molecule has 0 aliphatic heterocycles. The molecule has 3 aromatic rings. The van der Waals surface area contributed by atoms with Crippen LogP contribution in [0.5, 0.6) is 0 Å². The first kappa shape index (κ1) is 19.9. The maximum absolute atomic E-state index is 13.0. The molecule has 28 heavy (non-hydrogen) atoms. The van der Waals surface area contributed by atoms with Gasteiger partial charge in [-0.15, -0.1) is 0 Å². The van der Waals surface area contributed by atoms with Crippen molar-refractivity contribution in [1.82, 2.24) is 5.32 Å². The molecular weight excluding hydrogens is 402 g/mol. The van der Waals surface area contributed by atoms with Crippen molar-refractivity contribution < 1.29 is 14.0 Å². The van der Waals surface area contributed by atoms with Crippen LogP contribution >= 0.6 is 23.2 Å². The molecule has 2 N–H and O–H groups in total. The summed E-state index contributed by atoms with van der Waals surface area (Å²) in [6.45, 7) is 0.230. The zero-order valence-corrected chi connectivity index (χ0v) is 16.0. The molecule has 0 fully saturated rings. The van der Waals surface area contributed by atoms with Crippen molar-refractivity contribution >= 4 is 40.7 Å². The minimum absolute atomic E-state index is 0.230. The maximum atomic E-state index is 13.0. The molecule has 0 saturated carbocycles. The van der Waals surface area contributed by atoms with E-state index < -0.39 is 5.91 Å². The van der Waals surface area contributed by atoms with Crippen molar-refractivity contribution in [2.45, 2.75) is 6.54 Å². The smallest absolute Gasteiger partial charge is 0.255 e. The van der Waals surface area contributed by atoms with Crippen LogP contribution in [-0.4, -0.2) is 11.8 Å². The van der Waals surface area contributed by atoms with Gasteiger partial charge in [0.15, 0.2) is 0 Å². The van der Waals surface area contributed by atoms with Crippen molar-refractivity contribution in [2.75, 3.05) is 5.32 Å². The van der Waals surface area contributed by atoms with E-state index in [9.17, 15) is 14.0 Å². The number of hydrogen-bond acceptors (Lipinski definition) is 2. The average molecular weight is 417 g/mol. The fourth-order valence-electron chi connectivity index (χ4n) is 2.50. The van der Waals surface area contributed by atoms with Gasteiger partial charge >= 0.3 is 0 Å². The number of carbonyl (C=O) groups excluding carboxylic acids is 2. The van der Waals surface area contributed by atoms with Crippen LogP contribution in [0, 0.1) is 5.82 Å². The third-order valence-corrected chi connectivity index (χ3v) is 4.71. The van der Waals surface area contributed by atoms with Gasteiger partial charge in [-0.1, -0.05) is 47.5 Å². The number of halogens is 3. The first-order chi connectivity index (χ1) is 13.4. The summed E-state index contributed by atoms with van der Waals surface area (Å²) >= 11 is 11.8. The van der Waals surface area contributed by atoms with E-state index in [0.29, 0.717) is 21.8 Å². The van der Waals surface area contributed by atoms with E-state index in [0.717, 1.165) is 5.56 Å². The van der Waals surface area contributed by atoms with Crippen LogP contribution in [0.25, 0.3) is 0 Å². The number of anilines is 1. The van der Waals surface area contributed by atoms with Crippen LogP contribution in [0.2, 0.25) is 10.0 Å². The zero-order valence-electron chi connectivity index (χ0n) is 14.5. The summed E-state index contributed by atoms with van der Waals surface area (Å²) in [5, 5.41) is 6.07. The Balaban J connectivity index is 1.72. The highest BCUT2D eigenvalue weighted by molar-refractivity contribution is 6.42. The lowest BCUT2D eigenvalue weighted by Gasteiger charge is -2.12. The number of amides is 2. The van der Waals surface area contributed by atoms with E-state index in [2.05, 4.69) is 10.6 Å². The normalized spacial score (nSPS) is 10.4. The summed E-state index contributed by atoms with van der Waals surface area (Å²) in [6.07, 6.45) is 0. The van der Waals surface area contributed by atoms with E-state index in [-0.39, 0.29) is 23.3 Å². The molecular formula is C21H15Cl2FN2O2. The van der Waals surface area contributed by atoms with E-state index in [4.69, 9.17) is 23.2 Å². The molecule has 0 aliphatic carbocycles. The highest BCUT2D eigenvalue weighted by Crippen LogP contribution is 2.23. The largest absolute Gasteiger partial charge is 0.348 e. The molecule has 2 amide bonds. The number of nitrogens with one attached hydrogen (secondary N) is 2. The SMILES string of the molecule is O=C(Nc1ccccc1C(=O)NCc1ccc(F)cc1)c1ccc(Cl)c(Cl)c1. The van der Waals surface area contributed by atoms with Crippen LogP contribution in [-0.2, 0) is 6.54 Å². The van der Waals surface area contributed by atoms with E-state index >= 15 is 0 Å². The number of benzene rings is 3. The number of para-hydroxylation sites is 1. The quantitative estimate of drug-likeness (QED) is 0.591. The van der Waals surface area contributed by atoms with Crippen LogP contribution < -0.4 is 10.6 Å². The molecule has 0 radical (unpaired) electrons. The van der Waals surface area contributed by atoms with Crippen LogP contribution in [0.1, 0.15) is 26.3 Å². The lowest BCUT2D eigenvalue weighted by molar-refractivity contribution is 0.0952. The van der Waals surface area contributed by atoms with Gasteiger partial charge in [-0.05, 0) is 48.0 Å². The van der Waals surface area contributed by atoms with E-state index in [1.807, 2.05) is 0 Å². The van der Waals surface area contributed by atoms with Gasteiger partial charge < -0.3 is 10.6 Å². The lowest BCUT2D eigenvalue weighted by Crippen LogP contribution is -2.24. The Morgan fingerprint density at radius 3 is 2.29 bits per heavy atom. The monoisotopic (exact) mass is 416 g/mol. The Morgan fingerprint density at radius 2 is 1.57 bits per heavy atom. The van der Waals surface area contributed by atoms with E-state index in [1.165, 1.54) is 24.3 Å². The van der Waals surface area contributed by atoms with E-state index in [1.54, 1.807) is 42.5 Å². The molecule has 7 heteroatoms. The highest BCUT2D eigenvalue weighted by atomic mass is 35.5. The second-order valence-corrected chi connectivity index (χ2v) is 6.75. The Hall–Kier alpha value is -2.89. The first-order valence-corrected chi connectivity index (χ1v) is 9.07. The molecule has 0 aromatic heterocycles. The standard InChI is InChI=1S/C21H15Cl2FN2O2/c22-17-10-7-14(11-18(17)23)20(27)26-19-4-2-1-3-16(19)21(28)25-12-13-5-8-15(24)9-6-13/h1-11H,12H2,(H,25,28)(H,26,27). The van der Waals surface area contributed by atoms with Gasteiger partial charge in [0.1, 0.15) is 5.82 Å². The molecule has 4 nitrogen and oxygen atoms in total. The van der Waals surface area contributed by atoms with Crippen LogP contribution in [0.4, 0.5) is 10.1 Å². The van der Waals surface area contributed by atoms with Crippen molar-refractivity contribution in [3.63, 3.8) is 0 Å². The summed E-state index contributed by atoms with van der Waals surface area (Å²) in [4.78, 5) is 25.0. The summed E-state index contributed by atoms with van der Waals surface area (Å²) in [7, 11) is 0. The summed E-state index contributed by atoms with van der Waals surface area (Å²) in [6, 6.07) is 17.0. The second kappa shape index (κ2) is 8.87. The third kappa shape index (κ3) is 4.88. The second-order valence-electron chi connectivity index (χ2n) is 5.94. The molecule has 0 heterocycles. The fraction of sp³-hybridized carbons (Fsp3) is 0.0476. The first-order valence-electron chi connectivity index (χ1n) is 8.32. The topological polar surface area (TPSA) is 58.2 Å². The predicted octanol–water partition coefficient (Wildman–Crippen LogP) is 5.31. The minimum atomic E-state index is -0.419. The van der Waals surface area contributed by atoms with Crippen LogP contribution in [0.3, 0.4) is 0 Å². The molecule has 142 valence electrons.